The number of amides is 1. The van der Waals surface area contributed by atoms with E-state index in [0.29, 0.717) is 19.3 Å². The fourth-order valence-corrected chi connectivity index (χ4v) is 7.61. The first-order valence-corrected chi connectivity index (χ1v) is 25.2. The summed E-state index contributed by atoms with van der Waals surface area (Å²) in [5.41, 5.74) is 0. The quantitative estimate of drug-likeness (QED) is 0.0323. The molecule has 0 aromatic heterocycles. The van der Waals surface area contributed by atoms with Crippen LogP contribution in [-0.4, -0.2) is 46.9 Å². The molecule has 0 aromatic carbocycles. The first-order chi connectivity index (χ1) is 28.5. The number of carbonyl (C=O) groups excluding carboxylic acids is 2. The number of rotatable bonds is 45. The monoisotopic (exact) mass is 816 g/mol. The molecule has 0 fully saturated rings. The lowest BCUT2D eigenvalue weighted by molar-refractivity contribution is -0.151. The van der Waals surface area contributed by atoms with Gasteiger partial charge in [-0.2, -0.15) is 0 Å². The number of aliphatic hydroxyl groups excluding tert-OH is 2. The van der Waals surface area contributed by atoms with Crippen molar-refractivity contribution in [1.29, 1.82) is 0 Å². The summed E-state index contributed by atoms with van der Waals surface area (Å²) in [4.78, 5) is 26.1. The summed E-state index contributed by atoms with van der Waals surface area (Å²) < 4.78 is 5.90. The SMILES string of the molecule is CCCCC/C=C\C/C=C\C/C=C\CCCCC(CC(=O)NC(CO)C(O)CCCCCCCCCCCCCCC)OC(=O)CCCCCCCCCCCCC. The third kappa shape index (κ3) is 40.8. The van der Waals surface area contributed by atoms with Crippen molar-refractivity contribution in [1.82, 2.24) is 5.32 Å². The van der Waals surface area contributed by atoms with Crippen molar-refractivity contribution < 1.29 is 24.5 Å². The molecule has 0 saturated carbocycles. The molecule has 340 valence electrons. The summed E-state index contributed by atoms with van der Waals surface area (Å²) in [6.45, 7) is 6.44. The van der Waals surface area contributed by atoms with Crippen LogP contribution in [0.15, 0.2) is 36.5 Å². The average molecular weight is 816 g/mol. The molecule has 0 saturated heterocycles. The van der Waals surface area contributed by atoms with E-state index in [-0.39, 0.29) is 24.9 Å². The van der Waals surface area contributed by atoms with E-state index in [2.05, 4.69) is 62.5 Å². The molecule has 0 aliphatic heterocycles. The summed E-state index contributed by atoms with van der Waals surface area (Å²) in [6, 6.07) is -0.710. The summed E-state index contributed by atoms with van der Waals surface area (Å²) in [6.07, 6.45) is 53.4. The van der Waals surface area contributed by atoms with Crippen LogP contribution in [0.4, 0.5) is 0 Å². The lowest BCUT2D eigenvalue weighted by Gasteiger charge is -2.24. The number of unbranched alkanes of at least 4 members (excludes halogenated alkanes) is 27. The Labute approximate surface area is 360 Å². The third-order valence-electron chi connectivity index (χ3n) is 11.5. The van der Waals surface area contributed by atoms with Crippen LogP contribution in [0.3, 0.4) is 0 Å². The molecule has 0 aliphatic carbocycles. The second kappa shape index (κ2) is 46.2. The molecular formula is C52H97NO5. The van der Waals surface area contributed by atoms with E-state index >= 15 is 0 Å². The molecule has 0 spiro atoms. The number of nitrogens with one attached hydrogen (secondary N) is 1. The number of hydrogen-bond donors (Lipinski definition) is 3. The molecule has 3 atom stereocenters. The Hall–Kier alpha value is -1.92. The maximum absolute atomic E-state index is 13.2. The zero-order chi connectivity index (χ0) is 42.4. The van der Waals surface area contributed by atoms with Gasteiger partial charge in [0.15, 0.2) is 0 Å². The van der Waals surface area contributed by atoms with Crippen molar-refractivity contribution in [3.05, 3.63) is 36.5 Å². The van der Waals surface area contributed by atoms with Gasteiger partial charge in [0.25, 0.3) is 0 Å². The van der Waals surface area contributed by atoms with Gasteiger partial charge in [0.05, 0.1) is 25.2 Å². The molecule has 1 amide bonds. The molecule has 6 nitrogen and oxygen atoms in total. The van der Waals surface area contributed by atoms with Gasteiger partial charge in [-0.15, -0.1) is 0 Å². The molecule has 0 radical (unpaired) electrons. The van der Waals surface area contributed by atoms with Gasteiger partial charge < -0.3 is 20.3 Å². The van der Waals surface area contributed by atoms with E-state index in [1.807, 2.05) is 0 Å². The number of esters is 1. The number of allylic oxidation sites excluding steroid dienone is 6. The van der Waals surface area contributed by atoms with Crippen LogP contribution in [0.2, 0.25) is 0 Å². The highest BCUT2D eigenvalue weighted by molar-refractivity contribution is 5.77. The van der Waals surface area contributed by atoms with E-state index in [9.17, 15) is 19.8 Å². The van der Waals surface area contributed by atoms with Crippen LogP contribution >= 0.6 is 0 Å². The Morgan fingerprint density at radius 3 is 1.34 bits per heavy atom. The Morgan fingerprint density at radius 1 is 0.500 bits per heavy atom. The molecule has 0 bridgehead atoms. The van der Waals surface area contributed by atoms with Crippen LogP contribution in [0.5, 0.6) is 0 Å². The number of carbonyl (C=O) groups is 2. The summed E-state index contributed by atoms with van der Waals surface area (Å²) in [5, 5.41) is 23.7. The minimum Gasteiger partial charge on any atom is -0.462 e. The molecule has 58 heavy (non-hydrogen) atoms. The third-order valence-corrected chi connectivity index (χ3v) is 11.5. The highest BCUT2D eigenvalue weighted by atomic mass is 16.5. The van der Waals surface area contributed by atoms with Crippen molar-refractivity contribution in [2.45, 2.75) is 277 Å². The zero-order valence-corrected chi connectivity index (χ0v) is 38.7. The maximum Gasteiger partial charge on any atom is 0.306 e. The topological polar surface area (TPSA) is 95.9 Å². The first-order valence-electron chi connectivity index (χ1n) is 25.2. The van der Waals surface area contributed by atoms with Crippen molar-refractivity contribution in [2.24, 2.45) is 0 Å². The Balaban J connectivity index is 4.63. The van der Waals surface area contributed by atoms with E-state index in [1.165, 1.54) is 141 Å². The summed E-state index contributed by atoms with van der Waals surface area (Å²) in [7, 11) is 0. The highest BCUT2D eigenvalue weighted by Gasteiger charge is 2.24. The number of hydrogen-bond acceptors (Lipinski definition) is 5. The predicted molar refractivity (Wildman–Crippen MR) is 250 cm³/mol. The van der Waals surface area contributed by atoms with Gasteiger partial charge in [-0.1, -0.05) is 218 Å². The van der Waals surface area contributed by atoms with Gasteiger partial charge in [-0.05, 0) is 64.2 Å². The fraction of sp³-hybridized carbons (Fsp3) is 0.846. The Bertz CT molecular complexity index is 961. The number of aliphatic hydroxyl groups is 2. The molecular weight excluding hydrogens is 719 g/mol. The van der Waals surface area contributed by atoms with Crippen molar-refractivity contribution in [3.63, 3.8) is 0 Å². The van der Waals surface area contributed by atoms with Crippen molar-refractivity contribution in [3.8, 4) is 0 Å². The Kier molecular flexibility index (Phi) is 44.6. The first kappa shape index (κ1) is 56.1. The summed E-state index contributed by atoms with van der Waals surface area (Å²) in [5.74, 6) is -0.504. The standard InChI is InChI=1S/C52H97NO5/c1-4-7-10-13-16-19-22-24-25-27-29-31-34-37-40-43-48(58-52(57)45-42-39-36-33-28-21-18-15-12-9-6-3)46-51(56)53-49(47-54)50(55)44-41-38-35-32-30-26-23-20-17-14-11-8-5-2/h16,19,24-25,29,31,48-50,54-55H,4-15,17-18,20-23,26-28,30,32-47H2,1-3H3,(H,53,56)/b19-16-,25-24-,31-29-. The highest BCUT2D eigenvalue weighted by Crippen LogP contribution is 2.17. The normalized spacial score (nSPS) is 13.5. The van der Waals surface area contributed by atoms with E-state index in [4.69, 9.17) is 4.74 Å². The minimum absolute atomic E-state index is 0.0552. The van der Waals surface area contributed by atoms with E-state index < -0.39 is 18.2 Å². The van der Waals surface area contributed by atoms with Crippen LogP contribution in [0.1, 0.15) is 258 Å². The molecule has 0 aromatic rings. The van der Waals surface area contributed by atoms with Gasteiger partial charge in [-0.25, -0.2) is 0 Å². The smallest absolute Gasteiger partial charge is 0.306 e. The summed E-state index contributed by atoms with van der Waals surface area (Å²) >= 11 is 0. The average Bonchev–Trinajstić information content (AvgIpc) is 3.22. The largest absolute Gasteiger partial charge is 0.462 e. The lowest BCUT2D eigenvalue weighted by atomic mass is 10.0. The number of ether oxygens (including phenoxy) is 1. The van der Waals surface area contributed by atoms with Gasteiger partial charge in [0, 0.05) is 6.42 Å². The molecule has 0 heterocycles. The molecule has 0 aliphatic rings. The lowest BCUT2D eigenvalue weighted by Crippen LogP contribution is -2.46. The zero-order valence-electron chi connectivity index (χ0n) is 38.7. The second-order valence-corrected chi connectivity index (χ2v) is 17.2. The molecule has 6 heteroatoms. The van der Waals surface area contributed by atoms with E-state index in [0.717, 1.165) is 70.6 Å². The fourth-order valence-electron chi connectivity index (χ4n) is 7.61. The van der Waals surface area contributed by atoms with E-state index in [1.54, 1.807) is 0 Å². The molecule has 0 rings (SSSR count). The second-order valence-electron chi connectivity index (χ2n) is 17.2. The van der Waals surface area contributed by atoms with Gasteiger partial charge in [0.2, 0.25) is 5.91 Å². The predicted octanol–water partition coefficient (Wildman–Crippen LogP) is 14.9. The van der Waals surface area contributed by atoms with Crippen molar-refractivity contribution in [2.75, 3.05) is 6.61 Å². The van der Waals surface area contributed by atoms with Gasteiger partial charge in [0.1, 0.15) is 6.10 Å². The van der Waals surface area contributed by atoms with Crippen LogP contribution < -0.4 is 5.32 Å². The Morgan fingerprint density at radius 2 is 0.879 bits per heavy atom. The molecule has 3 unspecified atom stereocenters. The van der Waals surface area contributed by atoms with Crippen molar-refractivity contribution >= 4 is 11.9 Å². The van der Waals surface area contributed by atoms with Crippen LogP contribution in [0, 0.1) is 0 Å². The van der Waals surface area contributed by atoms with Crippen LogP contribution in [0.25, 0.3) is 0 Å². The van der Waals surface area contributed by atoms with Gasteiger partial charge >= 0.3 is 5.97 Å². The van der Waals surface area contributed by atoms with Crippen LogP contribution in [-0.2, 0) is 14.3 Å². The van der Waals surface area contributed by atoms with Gasteiger partial charge in [-0.3, -0.25) is 9.59 Å². The molecule has 3 N–H and O–H groups in total. The maximum atomic E-state index is 13.2. The minimum atomic E-state index is -0.794.